The van der Waals surface area contributed by atoms with Crippen molar-refractivity contribution >= 4 is 0 Å². The van der Waals surface area contributed by atoms with Gasteiger partial charge in [0.1, 0.15) is 12.5 Å². The average molecular weight is 426 g/mol. The van der Waals surface area contributed by atoms with Crippen molar-refractivity contribution in [3.8, 4) is 0 Å². The largest absolute Gasteiger partial charge is 0.632 e. The number of rotatable bonds is 5. The van der Waals surface area contributed by atoms with Crippen LogP contribution >= 0.6 is 0 Å². The highest BCUT2D eigenvalue weighted by molar-refractivity contribution is 5.46. The molecule has 2 saturated heterocycles. The van der Waals surface area contributed by atoms with E-state index in [4.69, 9.17) is 0 Å². The first kappa shape index (κ1) is 21.0. The Morgan fingerprint density at radius 3 is 2.58 bits per heavy atom. The number of benzene rings is 2. The smallest absolute Gasteiger partial charge is 0.132 e. The lowest BCUT2D eigenvalue weighted by Crippen LogP contribution is -2.49. The van der Waals surface area contributed by atoms with Gasteiger partial charge in [-0.1, -0.05) is 36.4 Å². The predicted molar refractivity (Wildman–Crippen MR) is 119 cm³/mol. The summed E-state index contributed by atoms with van der Waals surface area (Å²) in [5, 5.41) is 27.7. The van der Waals surface area contributed by atoms with E-state index in [9.17, 15) is 14.7 Å². The molecule has 0 saturated carbocycles. The van der Waals surface area contributed by atoms with Crippen LogP contribution in [0.2, 0.25) is 0 Å². The molecular weight excluding hydrogens is 393 g/mol. The van der Waals surface area contributed by atoms with Gasteiger partial charge in [-0.2, -0.15) is 0 Å². The lowest BCUT2D eigenvalue weighted by atomic mass is 9.76. The van der Waals surface area contributed by atoms with Gasteiger partial charge in [0.2, 0.25) is 0 Å². The highest BCUT2D eigenvalue weighted by atomic mass is 19.1. The molecule has 0 amide bonds. The van der Waals surface area contributed by atoms with E-state index in [-0.39, 0.29) is 22.3 Å². The molecule has 2 aromatic carbocycles. The fourth-order valence-corrected chi connectivity index (χ4v) is 5.90. The van der Waals surface area contributed by atoms with Crippen LogP contribution in [0.3, 0.4) is 0 Å². The van der Waals surface area contributed by atoms with E-state index in [2.05, 4.69) is 22.3 Å². The number of fused-ring (bicyclic) bond motifs is 1. The number of hydroxylamine groups is 3. The van der Waals surface area contributed by atoms with E-state index in [0.717, 1.165) is 50.1 Å². The van der Waals surface area contributed by atoms with Crippen molar-refractivity contribution in [1.82, 2.24) is 10.2 Å². The van der Waals surface area contributed by atoms with E-state index in [1.165, 1.54) is 17.7 Å². The van der Waals surface area contributed by atoms with Gasteiger partial charge in [0.05, 0.1) is 25.2 Å². The fourth-order valence-electron chi connectivity index (χ4n) is 5.90. The van der Waals surface area contributed by atoms with E-state index in [1.54, 1.807) is 0 Å². The van der Waals surface area contributed by atoms with E-state index in [1.807, 2.05) is 24.3 Å². The molecule has 5 nitrogen and oxygen atoms in total. The van der Waals surface area contributed by atoms with Gasteiger partial charge in [-0.3, -0.25) is 10.2 Å². The summed E-state index contributed by atoms with van der Waals surface area (Å²) >= 11 is 0. The Morgan fingerprint density at radius 1 is 1.13 bits per heavy atom. The number of likely N-dealkylation sites (tertiary alicyclic amines) is 1. The maximum atomic E-state index is 13.5. The molecule has 3 unspecified atom stereocenters. The molecule has 0 aromatic heterocycles. The lowest BCUT2D eigenvalue weighted by Gasteiger charge is -2.43. The van der Waals surface area contributed by atoms with Crippen molar-refractivity contribution in [1.29, 1.82) is 0 Å². The SMILES string of the molecule is [O-][N+]1(CCN2CCC(C3(O)CC(c4ccc(F)cc4)c4ccccc43)CC2)CCNC1. The Kier molecular flexibility index (Phi) is 5.61. The standard InChI is InChI=1S/C25H32FN3O2/c26-21-7-5-19(6-8-21)23-17-25(30,24-4-2-1-3-22(23)24)20-9-12-28(13-10-20)14-16-29(31)15-11-27-18-29/h1-8,20,23,27,30H,9-18H2. The van der Waals surface area contributed by atoms with Crippen molar-refractivity contribution in [2.45, 2.75) is 30.8 Å². The van der Waals surface area contributed by atoms with Crippen LogP contribution in [0.1, 0.15) is 41.9 Å². The number of nitrogens with zero attached hydrogens (tertiary/aromatic N) is 2. The molecule has 2 N–H and O–H groups in total. The molecule has 1 aliphatic carbocycles. The fraction of sp³-hybridized carbons (Fsp3) is 0.520. The summed E-state index contributed by atoms with van der Waals surface area (Å²) in [4.78, 5) is 2.38. The molecule has 3 atom stereocenters. The molecule has 2 heterocycles. The van der Waals surface area contributed by atoms with Crippen LogP contribution in [0, 0.1) is 16.9 Å². The summed E-state index contributed by atoms with van der Waals surface area (Å²) in [6.45, 7) is 5.30. The first-order chi connectivity index (χ1) is 15.0. The highest BCUT2D eigenvalue weighted by Gasteiger charge is 2.48. The number of aliphatic hydroxyl groups is 1. The Bertz CT molecular complexity index is 907. The molecule has 2 fully saturated rings. The van der Waals surface area contributed by atoms with Crippen LogP contribution in [-0.4, -0.2) is 60.6 Å². The number of nitrogens with one attached hydrogen (secondary N) is 1. The average Bonchev–Trinajstić information content (AvgIpc) is 3.36. The number of quaternary nitrogens is 1. The molecule has 2 aliphatic heterocycles. The van der Waals surface area contributed by atoms with Crippen LogP contribution in [0.25, 0.3) is 0 Å². The van der Waals surface area contributed by atoms with Crippen LogP contribution in [0.5, 0.6) is 0 Å². The van der Waals surface area contributed by atoms with Gasteiger partial charge >= 0.3 is 0 Å². The number of halogens is 1. The second kappa shape index (κ2) is 8.26. The summed E-state index contributed by atoms with van der Waals surface area (Å²) in [5.41, 5.74) is 2.41. The Balaban J connectivity index is 1.28. The van der Waals surface area contributed by atoms with E-state index >= 15 is 0 Å². The van der Waals surface area contributed by atoms with Gasteiger partial charge in [-0.25, -0.2) is 4.39 Å². The van der Waals surface area contributed by atoms with Crippen LogP contribution < -0.4 is 5.32 Å². The quantitative estimate of drug-likeness (QED) is 0.571. The maximum Gasteiger partial charge on any atom is 0.132 e. The molecule has 0 bridgehead atoms. The minimum absolute atomic E-state index is 0.0901. The first-order valence-electron chi connectivity index (χ1n) is 11.5. The molecule has 5 rings (SSSR count). The maximum absolute atomic E-state index is 13.5. The topological polar surface area (TPSA) is 58.6 Å². The molecule has 31 heavy (non-hydrogen) atoms. The molecule has 0 spiro atoms. The number of piperidine rings is 1. The third-order valence-corrected chi connectivity index (χ3v) is 7.77. The number of hydrogen-bond donors (Lipinski definition) is 2. The Morgan fingerprint density at radius 2 is 1.87 bits per heavy atom. The molecular formula is C25H32FN3O2. The van der Waals surface area contributed by atoms with Crippen molar-refractivity contribution in [2.75, 3.05) is 45.9 Å². The Hall–Kier alpha value is -1.83. The molecule has 2 aromatic rings. The minimum Gasteiger partial charge on any atom is -0.632 e. The summed E-state index contributed by atoms with van der Waals surface area (Å²) in [5.74, 6) is 0.0519. The van der Waals surface area contributed by atoms with Crippen molar-refractivity contribution < 1.29 is 14.1 Å². The van der Waals surface area contributed by atoms with Crippen LogP contribution in [0.4, 0.5) is 4.39 Å². The molecule has 6 heteroatoms. The van der Waals surface area contributed by atoms with Gasteiger partial charge < -0.3 is 15.0 Å². The first-order valence-corrected chi connectivity index (χ1v) is 11.5. The zero-order chi connectivity index (χ0) is 21.5. The summed E-state index contributed by atoms with van der Waals surface area (Å²) in [6, 6.07) is 14.9. The van der Waals surface area contributed by atoms with Crippen molar-refractivity contribution in [3.05, 3.63) is 76.2 Å². The zero-order valence-corrected chi connectivity index (χ0v) is 18.0. The van der Waals surface area contributed by atoms with Crippen molar-refractivity contribution in [2.24, 2.45) is 5.92 Å². The van der Waals surface area contributed by atoms with E-state index < -0.39 is 5.60 Å². The summed E-state index contributed by atoms with van der Waals surface area (Å²) in [6.07, 6.45) is 2.50. The highest BCUT2D eigenvalue weighted by Crippen LogP contribution is 2.53. The monoisotopic (exact) mass is 425 g/mol. The second-order valence-electron chi connectivity index (χ2n) is 9.60. The molecule has 3 aliphatic rings. The minimum atomic E-state index is -0.854. The van der Waals surface area contributed by atoms with Gasteiger partial charge in [0.25, 0.3) is 0 Å². The van der Waals surface area contributed by atoms with Gasteiger partial charge in [-0.05, 0) is 67.1 Å². The molecule has 0 radical (unpaired) electrons. The molecule has 166 valence electrons. The Labute approximate surface area is 183 Å². The second-order valence-corrected chi connectivity index (χ2v) is 9.60. The van der Waals surface area contributed by atoms with Crippen molar-refractivity contribution in [3.63, 3.8) is 0 Å². The van der Waals surface area contributed by atoms with Gasteiger partial charge in [0, 0.05) is 12.5 Å². The third kappa shape index (κ3) is 4.03. The summed E-state index contributed by atoms with van der Waals surface area (Å²) in [7, 11) is 0. The zero-order valence-electron chi connectivity index (χ0n) is 18.0. The van der Waals surface area contributed by atoms with E-state index in [0.29, 0.717) is 26.2 Å². The lowest BCUT2D eigenvalue weighted by molar-refractivity contribution is -0.868. The normalized spacial score (nSPS) is 31.8. The van der Waals surface area contributed by atoms with Crippen LogP contribution in [0.15, 0.2) is 48.5 Å². The van der Waals surface area contributed by atoms with Crippen LogP contribution in [-0.2, 0) is 5.60 Å². The predicted octanol–water partition coefficient (Wildman–Crippen LogP) is 3.14. The number of hydrogen-bond acceptors (Lipinski definition) is 4. The van der Waals surface area contributed by atoms with Gasteiger partial charge in [0.15, 0.2) is 0 Å². The summed E-state index contributed by atoms with van der Waals surface area (Å²) < 4.78 is 13.3. The third-order valence-electron chi connectivity index (χ3n) is 7.77. The van der Waals surface area contributed by atoms with Gasteiger partial charge in [-0.15, -0.1) is 0 Å².